The summed E-state index contributed by atoms with van der Waals surface area (Å²) in [5.74, 6) is -0.442. The quantitative estimate of drug-likeness (QED) is 0.746. The van der Waals surface area contributed by atoms with Gasteiger partial charge in [0.1, 0.15) is 5.69 Å². The van der Waals surface area contributed by atoms with Gasteiger partial charge in [-0.05, 0) is 25.0 Å². The number of pyridine rings is 1. The van der Waals surface area contributed by atoms with Crippen molar-refractivity contribution in [1.29, 1.82) is 0 Å². The second kappa shape index (κ2) is 7.15. The summed E-state index contributed by atoms with van der Waals surface area (Å²) < 4.78 is 45.9. The maximum absolute atomic E-state index is 13.3. The van der Waals surface area contributed by atoms with Crippen LogP contribution < -0.4 is 5.56 Å². The SMILES string of the molecule is CCC(=O)c1ccc(C(F)(F)F)n(CCN2CC3(CCOCC3)C2)c1=O. The summed E-state index contributed by atoms with van der Waals surface area (Å²) in [6.07, 6.45) is -2.61. The van der Waals surface area contributed by atoms with Crippen molar-refractivity contribution in [3.8, 4) is 0 Å². The Labute approximate surface area is 149 Å². The molecule has 26 heavy (non-hydrogen) atoms. The Hall–Kier alpha value is -1.67. The topological polar surface area (TPSA) is 51.5 Å². The first-order valence-corrected chi connectivity index (χ1v) is 8.90. The van der Waals surface area contributed by atoms with Crippen LogP contribution in [0.15, 0.2) is 16.9 Å². The maximum atomic E-state index is 13.3. The molecule has 1 spiro atoms. The van der Waals surface area contributed by atoms with Gasteiger partial charge in [0.15, 0.2) is 5.78 Å². The molecule has 8 heteroatoms. The molecule has 0 saturated carbocycles. The molecule has 3 rings (SSSR count). The van der Waals surface area contributed by atoms with Gasteiger partial charge in [-0.25, -0.2) is 0 Å². The summed E-state index contributed by atoms with van der Waals surface area (Å²) in [7, 11) is 0. The predicted octanol–water partition coefficient (Wildman–Crippen LogP) is 2.57. The van der Waals surface area contributed by atoms with Gasteiger partial charge in [-0.2, -0.15) is 13.2 Å². The number of ketones is 1. The van der Waals surface area contributed by atoms with Gasteiger partial charge in [0.25, 0.3) is 5.56 Å². The molecule has 0 unspecified atom stereocenters. The van der Waals surface area contributed by atoms with Crippen LogP contribution in [0.5, 0.6) is 0 Å². The lowest BCUT2D eigenvalue weighted by Crippen LogP contribution is -2.59. The Kier molecular flexibility index (Phi) is 5.25. The minimum absolute atomic E-state index is 0.0783. The van der Waals surface area contributed by atoms with Crippen molar-refractivity contribution in [3.05, 3.63) is 33.7 Å². The molecule has 2 aliphatic rings. The molecular weight excluding hydrogens is 349 g/mol. The predicted molar refractivity (Wildman–Crippen MR) is 89.3 cm³/mol. The number of likely N-dealkylation sites (tertiary alicyclic amines) is 1. The van der Waals surface area contributed by atoms with Gasteiger partial charge in [-0.15, -0.1) is 0 Å². The van der Waals surface area contributed by atoms with Crippen molar-refractivity contribution in [2.45, 2.75) is 38.9 Å². The number of hydrogen-bond donors (Lipinski definition) is 0. The second-order valence-electron chi connectivity index (χ2n) is 7.19. The van der Waals surface area contributed by atoms with E-state index in [0.29, 0.717) is 11.1 Å². The van der Waals surface area contributed by atoms with E-state index < -0.39 is 23.2 Å². The highest BCUT2D eigenvalue weighted by Crippen LogP contribution is 2.39. The molecule has 2 fully saturated rings. The van der Waals surface area contributed by atoms with Gasteiger partial charge in [0, 0.05) is 51.2 Å². The molecule has 0 atom stereocenters. The number of carbonyl (C=O) groups is 1. The fourth-order valence-electron chi connectivity index (χ4n) is 3.87. The van der Waals surface area contributed by atoms with Gasteiger partial charge >= 0.3 is 6.18 Å². The molecular formula is C18H23F3N2O3. The van der Waals surface area contributed by atoms with Gasteiger partial charge in [-0.1, -0.05) is 6.92 Å². The zero-order chi connectivity index (χ0) is 18.9. The van der Waals surface area contributed by atoms with E-state index in [1.54, 1.807) is 6.92 Å². The van der Waals surface area contributed by atoms with Crippen LogP contribution in [-0.4, -0.2) is 48.1 Å². The Morgan fingerprint density at radius 3 is 2.42 bits per heavy atom. The maximum Gasteiger partial charge on any atom is 0.431 e. The van der Waals surface area contributed by atoms with Crippen molar-refractivity contribution < 1.29 is 22.7 Å². The molecule has 2 aliphatic heterocycles. The van der Waals surface area contributed by atoms with Crippen molar-refractivity contribution in [1.82, 2.24) is 9.47 Å². The first-order chi connectivity index (χ1) is 12.3. The molecule has 0 bridgehead atoms. The highest BCUT2D eigenvalue weighted by Gasteiger charge is 2.43. The number of halogens is 3. The van der Waals surface area contributed by atoms with Crippen LogP contribution in [0.25, 0.3) is 0 Å². The van der Waals surface area contributed by atoms with E-state index in [1.165, 1.54) is 0 Å². The second-order valence-corrected chi connectivity index (χ2v) is 7.19. The summed E-state index contributed by atoms with van der Waals surface area (Å²) in [6, 6.07) is 1.83. The molecule has 1 aromatic heterocycles. The zero-order valence-electron chi connectivity index (χ0n) is 14.8. The summed E-state index contributed by atoms with van der Waals surface area (Å²) in [4.78, 5) is 26.4. The van der Waals surface area contributed by atoms with E-state index in [4.69, 9.17) is 4.74 Å². The normalized spacial score (nSPS) is 20.2. The van der Waals surface area contributed by atoms with Crippen molar-refractivity contribution in [2.75, 3.05) is 32.8 Å². The third kappa shape index (κ3) is 3.71. The number of nitrogens with zero attached hydrogens (tertiary/aromatic N) is 2. The third-order valence-electron chi connectivity index (χ3n) is 5.40. The molecule has 1 aromatic rings. The fourth-order valence-corrected chi connectivity index (χ4v) is 3.87. The molecule has 0 aromatic carbocycles. The van der Waals surface area contributed by atoms with Crippen molar-refractivity contribution >= 4 is 5.78 Å². The average molecular weight is 372 g/mol. The average Bonchev–Trinajstić information content (AvgIpc) is 2.58. The lowest BCUT2D eigenvalue weighted by Gasteiger charge is -2.52. The van der Waals surface area contributed by atoms with Gasteiger partial charge in [-0.3, -0.25) is 9.59 Å². The molecule has 2 saturated heterocycles. The van der Waals surface area contributed by atoms with E-state index in [0.717, 1.165) is 51.3 Å². The number of carbonyl (C=O) groups excluding carboxylic acids is 1. The standard InChI is InChI=1S/C18H23F3N2O3/c1-2-14(24)13-3-4-15(18(19,20)21)23(16(13)25)8-7-22-11-17(12-22)5-9-26-10-6-17/h3-4H,2,5-12H2,1H3. The van der Waals surface area contributed by atoms with Crippen LogP contribution in [0.1, 0.15) is 42.2 Å². The number of aromatic nitrogens is 1. The highest BCUT2D eigenvalue weighted by atomic mass is 19.4. The van der Waals surface area contributed by atoms with Crippen LogP contribution in [0.3, 0.4) is 0 Å². The van der Waals surface area contributed by atoms with Crippen LogP contribution in [0, 0.1) is 5.41 Å². The number of Topliss-reactive ketones (excluding diaryl/α,β-unsaturated/α-hetero) is 1. The van der Waals surface area contributed by atoms with Crippen LogP contribution in [0.2, 0.25) is 0 Å². The molecule has 5 nitrogen and oxygen atoms in total. The van der Waals surface area contributed by atoms with E-state index in [1.807, 2.05) is 0 Å². The molecule has 144 valence electrons. The number of rotatable bonds is 5. The Bertz CT molecular complexity index is 728. The van der Waals surface area contributed by atoms with Gasteiger partial charge < -0.3 is 14.2 Å². The molecule has 0 aliphatic carbocycles. The van der Waals surface area contributed by atoms with Crippen molar-refractivity contribution in [3.63, 3.8) is 0 Å². The Morgan fingerprint density at radius 1 is 1.19 bits per heavy atom. The Balaban J connectivity index is 1.75. The van der Waals surface area contributed by atoms with Crippen LogP contribution in [-0.2, 0) is 17.5 Å². The lowest BCUT2D eigenvalue weighted by atomic mass is 9.73. The molecule has 0 N–H and O–H groups in total. The fraction of sp³-hybridized carbons (Fsp3) is 0.667. The van der Waals surface area contributed by atoms with E-state index in [2.05, 4.69) is 4.90 Å². The third-order valence-corrected chi connectivity index (χ3v) is 5.40. The minimum Gasteiger partial charge on any atom is -0.381 e. The van der Waals surface area contributed by atoms with Crippen molar-refractivity contribution in [2.24, 2.45) is 5.41 Å². The van der Waals surface area contributed by atoms with E-state index in [9.17, 15) is 22.8 Å². The number of hydrogen-bond acceptors (Lipinski definition) is 4. The Morgan fingerprint density at radius 2 is 1.85 bits per heavy atom. The number of ether oxygens (including phenoxy) is 1. The highest BCUT2D eigenvalue weighted by molar-refractivity contribution is 5.95. The first-order valence-electron chi connectivity index (χ1n) is 8.90. The zero-order valence-corrected chi connectivity index (χ0v) is 14.8. The lowest BCUT2D eigenvalue weighted by molar-refractivity contribution is -0.144. The van der Waals surface area contributed by atoms with Crippen LogP contribution in [0.4, 0.5) is 13.2 Å². The number of alkyl halides is 3. The van der Waals surface area contributed by atoms with E-state index in [-0.39, 0.29) is 23.9 Å². The summed E-state index contributed by atoms with van der Waals surface area (Å²) >= 11 is 0. The summed E-state index contributed by atoms with van der Waals surface area (Å²) in [6.45, 7) is 4.96. The first kappa shape index (κ1) is 19.1. The van der Waals surface area contributed by atoms with Gasteiger partial charge in [0.2, 0.25) is 0 Å². The molecule has 0 amide bonds. The molecule has 3 heterocycles. The smallest absolute Gasteiger partial charge is 0.381 e. The summed E-state index contributed by atoms with van der Waals surface area (Å²) in [5, 5.41) is 0. The van der Waals surface area contributed by atoms with Gasteiger partial charge in [0.05, 0.1) is 5.56 Å². The molecule has 0 radical (unpaired) electrons. The summed E-state index contributed by atoms with van der Waals surface area (Å²) in [5.41, 5.74) is -1.81. The minimum atomic E-state index is -4.64. The largest absolute Gasteiger partial charge is 0.431 e. The van der Waals surface area contributed by atoms with E-state index >= 15 is 0 Å². The van der Waals surface area contributed by atoms with Crippen LogP contribution >= 0.6 is 0 Å². The monoisotopic (exact) mass is 372 g/mol.